The van der Waals surface area contributed by atoms with E-state index in [0.717, 1.165) is 16.2 Å². The summed E-state index contributed by atoms with van der Waals surface area (Å²) < 4.78 is 5.29. The monoisotopic (exact) mass is 302 g/mol. The minimum atomic E-state index is -0.118. The summed E-state index contributed by atoms with van der Waals surface area (Å²) in [5, 5.41) is 4.89. The Morgan fingerprint density at radius 2 is 2.05 bits per heavy atom. The normalized spacial score (nSPS) is 12.2. The van der Waals surface area contributed by atoms with Gasteiger partial charge in [0, 0.05) is 5.41 Å². The number of benzene rings is 1. The predicted octanol–water partition coefficient (Wildman–Crippen LogP) is 3.84. The molecule has 0 aliphatic heterocycles. The summed E-state index contributed by atoms with van der Waals surface area (Å²) in [6.07, 6.45) is 0. The minimum absolute atomic E-state index is 0.118. The number of aromatic amines is 1. The SMILES string of the molecule is Cc1ccc2nc(SCc3noc(C(C)(C)C)n3)[nH]c2c1. The lowest BCUT2D eigenvalue weighted by Crippen LogP contribution is -2.11. The molecule has 3 aromatic rings. The molecule has 2 aromatic heterocycles. The number of imidazole rings is 1. The van der Waals surface area contributed by atoms with Crippen molar-refractivity contribution in [2.45, 2.75) is 44.0 Å². The molecule has 2 heterocycles. The van der Waals surface area contributed by atoms with Crippen LogP contribution in [0.4, 0.5) is 0 Å². The van der Waals surface area contributed by atoms with Crippen molar-refractivity contribution in [3.05, 3.63) is 35.5 Å². The van der Waals surface area contributed by atoms with E-state index in [2.05, 4.69) is 59.9 Å². The fraction of sp³-hybridized carbons (Fsp3) is 0.400. The second-order valence-corrected chi connectivity index (χ2v) is 7.08. The van der Waals surface area contributed by atoms with E-state index in [1.54, 1.807) is 11.8 Å². The van der Waals surface area contributed by atoms with E-state index in [-0.39, 0.29) is 5.41 Å². The number of hydrogen-bond acceptors (Lipinski definition) is 5. The third-order valence-corrected chi connectivity index (χ3v) is 3.93. The molecule has 0 unspecified atom stereocenters. The average Bonchev–Trinajstić information content (AvgIpc) is 3.01. The maximum Gasteiger partial charge on any atom is 0.232 e. The molecule has 0 spiro atoms. The summed E-state index contributed by atoms with van der Waals surface area (Å²) in [5.41, 5.74) is 3.13. The van der Waals surface area contributed by atoms with Crippen LogP contribution in [0, 0.1) is 6.92 Å². The van der Waals surface area contributed by atoms with E-state index in [1.165, 1.54) is 5.56 Å². The van der Waals surface area contributed by atoms with Crippen LogP contribution in [0.1, 0.15) is 38.0 Å². The van der Waals surface area contributed by atoms with Gasteiger partial charge < -0.3 is 9.51 Å². The number of hydrogen-bond donors (Lipinski definition) is 1. The van der Waals surface area contributed by atoms with Crippen molar-refractivity contribution in [1.29, 1.82) is 0 Å². The summed E-state index contributed by atoms with van der Waals surface area (Å²) in [6.45, 7) is 8.23. The molecule has 110 valence electrons. The van der Waals surface area contributed by atoms with E-state index in [0.29, 0.717) is 17.5 Å². The van der Waals surface area contributed by atoms with Crippen LogP contribution in [0.25, 0.3) is 11.0 Å². The summed E-state index contributed by atoms with van der Waals surface area (Å²) >= 11 is 1.58. The van der Waals surface area contributed by atoms with Crippen molar-refractivity contribution < 1.29 is 4.52 Å². The number of nitrogens with one attached hydrogen (secondary N) is 1. The number of aryl methyl sites for hydroxylation is 1. The van der Waals surface area contributed by atoms with Crippen LogP contribution in [0.15, 0.2) is 27.9 Å². The second kappa shape index (κ2) is 5.18. The van der Waals surface area contributed by atoms with Crippen LogP contribution in [0.5, 0.6) is 0 Å². The number of nitrogens with zero attached hydrogens (tertiary/aromatic N) is 3. The molecule has 0 amide bonds. The van der Waals surface area contributed by atoms with Crippen LogP contribution in [-0.4, -0.2) is 20.1 Å². The highest BCUT2D eigenvalue weighted by Gasteiger charge is 2.21. The largest absolute Gasteiger partial charge is 0.339 e. The number of aromatic nitrogens is 4. The van der Waals surface area contributed by atoms with Gasteiger partial charge in [-0.25, -0.2) is 4.98 Å². The molecular weight excluding hydrogens is 284 g/mol. The average molecular weight is 302 g/mol. The van der Waals surface area contributed by atoms with Gasteiger partial charge in [0.15, 0.2) is 11.0 Å². The van der Waals surface area contributed by atoms with Gasteiger partial charge in [-0.3, -0.25) is 0 Å². The van der Waals surface area contributed by atoms with Crippen LogP contribution in [0.3, 0.4) is 0 Å². The lowest BCUT2D eigenvalue weighted by atomic mass is 9.97. The van der Waals surface area contributed by atoms with E-state index in [9.17, 15) is 0 Å². The molecule has 0 atom stereocenters. The molecule has 6 heteroatoms. The van der Waals surface area contributed by atoms with Gasteiger partial charge in [-0.2, -0.15) is 4.98 Å². The zero-order valence-corrected chi connectivity index (χ0v) is 13.4. The molecule has 1 N–H and O–H groups in total. The molecule has 0 saturated carbocycles. The highest BCUT2D eigenvalue weighted by atomic mass is 32.2. The number of fused-ring (bicyclic) bond motifs is 1. The zero-order chi connectivity index (χ0) is 15.0. The van der Waals surface area contributed by atoms with Gasteiger partial charge in [0.2, 0.25) is 5.89 Å². The molecule has 0 saturated heterocycles. The van der Waals surface area contributed by atoms with E-state index >= 15 is 0 Å². The fourth-order valence-corrected chi connectivity index (χ4v) is 2.65. The first-order valence-corrected chi connectivity index (χ1v) is 7.82. The first-order valence-electron chi connectivity index (χ1n) is 6.84. The van der Waals surface area contributed by atoms with Crippen molar-refractivity contribution >= 4 is 22.8 Å². The number of rotatable bonds is 3. The standard InChI is InChI=1S/C15H18N4OS/c1-9-5-6-10-11(7-9)17-14(16-10)21-8-12-18-13(20-19-12)15(2,3)4/h5-7H,8H2,1-4H3,(H,16,17). The van der Waals surface area contributed by atoms with Crippen LogP contribution >= 0.6 is 11.8 Å². The first-order chi connectivity index (χ1) is 9.91. The van der Waals surface area contributed by atoms with Crippen molar-refractivity contribution in [1.82, 2.24) is 20.1 Å². The van der Waals surface area contributed by atoms with Gasteiger partial charge >= 0.3 is 0 Å². The first kappa shape index (κ1) is 14.1. The van der Waals surface area contributed by atoms with Gasteiger partial charge in [-0.05, 0) is 24.6 Å². The summed E-state index contributed by atoms with van der Waals surface area (Å²) in [7, 11) is 0. The molecule has 0 aliphatic rings. The quantitative estimate of drug-likeness (QED) is 0.744. The number of H-pyrrole nitrogens is 1. The van der Waals surface area contributed by atoms with E-state index in [4.69, 9.17) is 4.52 Å². The third-order valence-electron chi connectivity index (χ3n) is 3.06. The molecule has 5 nitrogen and oxygen atoms in total. The maximum atomic E-state index is 5.29. The molecule has 0 radical (unpaired) electrons. The van der Waals surface area contributed by atoms with Gasteiger partial charge in [-0.1, -0.05) is 43.8 Å². The predicted molar refractivity (Wildman–Crippen MR) is 83.4 cm³/mol. The maximum absolute atomic E-state index is 5.29. The Morgan fingerprint density at radius 1 is 1.24 bits per heavy atom. The van der Waals surface area contributed by atoms with Crippen molar-refractivity contribution in [3.63, 3.8) is 0 Å². The van der Waals surface area contributed by atoms with Gasteiger partial charge in [0.1, 0.15) is 0 Å². The Bertz CT molecular complexity index is 769. The Balaban J connectivity index is 1.73. The smallest absolute Gasteiger partial charge is 0.232 e. The molecule has 0 fully saturated rings. The Labute approximate surface area is 127 Å². The molecule has 3 rings (SSSR count). The molecule has 21 heavy (non-hydrogen) atoms. The van der Waals surface area contributed by atoms with E-state index < -0.39 is 0 Å². The molecule has 0 aliphatic carbocycles. The molecule has 0 bridgehead atoms. The van der Waals surface area contributed by atoms with Crippen LogP contribution < -0.4 is 0 Å². The Morgan fingerprint density at radius 3 is 2.76 bits per heavy atom. The van der Waals surface area contributed by atoms with Crippen molar-refractivity contribution in [3.8, 4) is 0 Å². The Kier molecular flexibility index (Phi) is 3.49. The van der Waals surface area contributed by atoms with E-state index in [1.807, 2.05) is 6.07 Å². The van der Waals surface area contributed by atoms with Gasteiger partial charge in [0.05, 0.1) is 16.8 Å². The second-order valence-electron chi connectivity index (χ2n) is 6.12. The Hall–Kier alpha value is -1.82. The van der Waals surface area contributed by atoms with Crippen molar-refractivity contribution in [2.24, 2.45) is 0 Å². The van der Waals surface area contributed by atoms with Crippen molar-refractivity contribution in [2.75, 3.05) is 0 Å². The van der Waals surface area contributed by atoms with Crippen LogP contribution in [-0.2, 0) is 11.2 Å². The summed E-state index contributed by atoms with van der Waals surface area (Å²) in [4.78, 5) is 12.3. The van der Waals surface area contributed by atoms with Gasteiger partial charge in [0.25, 0.3) is 0 Å². The lowest BCUT2D eigenvalue weighted by Gasteiger charge is -2.10. The number of thioether (sulfide) groups is 1. The zero-order valence-electron chi connectivity index (χ0n) is 12.6. The highest BCUT2D eigenvalue weighted by molar-refractivity contribution is 7.98. The third kappa shape index (κ3) is 3.10. The van der Waals surface area contributed by atoms with Gasteiger partial charge in [-0.15, -0.1) is 0 Å². The minimum Gasteiger partial charge on any atom is -0.339 e. The van der Waals surface area contributed by atoms with Crippen LogP contribution in [0.2, 0.25) is 0 Å². The topological polar surface area (TPSA) is 67.6 Å². The lowest BCUT2D eigenvalue weighted by molar-refractivity contribution is 0.319. The molecular formula is C15H18N4OS. The highest BCUT2D eigenvalue weighted by Crippen LogP contribution is 2.24. The fourth-order valence-electron chi connectivity index (χ4n) is 1.92. The summed E-state index contributed by atoms with van der Waals surface area (Å²) in [6, 6.07) is 6.18. The summed E-state index contributed by atoms with van der Waals surface area (Å²) in [5.74, 6) is 2.00. The molecule has 1 aromatic carbocycles.